The molecule has 0 spiro atoms. The molecule has 0 saturated heterocycles. The molecule has 0 aliphatic heterocycles. The zero-order chi connectivity index (χ0) is 15.8. The van der Waals surface area contributed by atoms with Gasteiger partial charge in [-0.2, -0.15) is 0 Å². The molecule has 22 heavy (non-hydrogen) atoms. The van der Waals surface area contributed by atoms with Crippen LogP contribution in [0.1, 0.15) is 41.6 Å². The van der Waals surface area contributed by atoms with Gasteiger partial charge in [0.15, 0.2) is 0 Å². The predicted molar refractivity (Wildman–Crippen MR) is 82.9 cm³/mol. The first-order valence-electron chi connectivity index (χ1n) is 7.82. The Hall–Kier alpha value is -1.88. The van der Waals surface area contributed by atoms with Crippen molar-refractivity contribution in [2.24, 2.45) is 5.92 Å². The van der Waals surface area contributed by atoms with Gasteiger partial charge in [-0.25, -0.2) is 4.79 Å². The van der Waals surface area contributed by atoms with Crippen LogP contribution in [0.25, 0.3) is 0 Å². The molecule has 1 saturated carbocycles. The summed E-state index contributed by atoms with van der Waals surface area (Å²) < 4.78 is 5.49. The Morgan fingerprint density at radius 1 is 1.27 bits per heavy atom. The fraction of sp³-hybridized carbons (Fsp3) is 0.529. The number of hydrogen-bond acceptors (Lipinski definition) is 3. The summed E-state index contributed by atoms with van der Waals surface area (Å²) in [6, 6.07) is 6.79. The Kier molecular flexibility index (Phi) is 6.40. The van der Waals surface area contributed by atoms with Crippen molar-refractivity contribution in [3.63, 3.8) is 0 Å². The van der Waals surface area contributed by atoms with Crippen molar-refractivity contribution in [1.82, 2.24) is 5.32 Å². The number of aryl methyl sites for hydroxylation is 1. The number of ether oxygens (including phenoxy) is 1. The lowest BCUT2D eigenvalue weighted by Gasteiger charge is -2.07. The minimum atomic E-state index is -0.955. The van der Waals surface area contributed by atoms with Crippen LogP contribution in [0.5, 0.6) is 0 Å². The average Bonchev–Trinajstić information content (AvgIpc) is 3.33. The van der Waals surface area contributed by atoms with Crippen molar-refractivity contribution in [2.75, 3.05) is 19.8 Å². The predicted octanol–water partition coefficient (Wildman–Crippen LogP) is 2.25. The molecule has 0 aromatic heterocycles. The van der Waals surface area contributed by atoms with Gasteiger partial charge in [-0.1, -0.05) is 18.2 Å². The summed E-state index contributed by atoms with van der Waals surface area (Å²) in [5.74, 6) is -0.241. The molecule has 0 atom stereocenters. The molecule has 0 bridgehead atoms. The van der Waals surface area contributed by atoms with Gasteiger partial charge in [0.1, 0.15) is 0 Å². The number of carbonyl (C=O) groups is 2. The highest BCUT2D eigenvalue weighted by molar-refractivity contribution is 5.89. The minimum absolute atomic E-state index is 0.0533. The third-order valence-corrected chi connectivity index (χ3v) is 3.71. The number of aromatic carboxylic acids is 1. The molecular formula is C17H23NO4. The first kappa shape index (κ1) is 16.5. The summed E-state index contributed by atoms with van der Waals surface area (Å²) in [7, 11) is 0. The van der Waals surface area contributed by atoms with Gasteiger partial charge in [-0.05, 0) is 43.2 Å². The summed E-state index contributed by atoms with van der Waals surface area (Å²) in [6.07, 6.45) is 4.12. The molecular weight excluding hydrogens is 282 g/mol. The Labute approximate surface area is 130 Å². The van der Waals surface area contributed by atoms with E-state index in [0.717, 1.165) is 18.9 Å². The van der Waals surface area contributed by atoms with Crippen molar-refractivity contribution in [3.05, 3.63) is 35.4 Å². The number of benzene rings is 1. The number of carbonyl (C=O) groups excluding carboxylic acids is 1. The number of hydrogen-bond donors (Lipinski definition) is 2. The largest absolute Gasteiger partial charge is 0.478 e. The summed E-state index contributed by atoms with van der Waals surface area (Å²) >= 11 is 0. The van der Waals surface area contributed by atoms with Gasteiger partial charge in [0, 0.05) is 26.2 Å². The van der Waals surface area contributed by atoms with Crippen LogP contribution >= 0.6 is 0 Å². The van der Waals surface area contributed by atoms with Gasteiger partial charge in [0.25, 0.3) is 0 Å². The Bertz CT molecular complexity index is 511. The van der Waals surface area contributed by atoms with E-state index < -0.39 is 5.97 Å². The molecule has 0 radical (unpaired) electrons. The Balaban J connectivity index is 1.59. The molecule has 1 aromatic carbocycles. The van der Waals surface area contributed by atoms with E-state index in [1.807, 2.05) is 0 Å². The average molecular weight is 305 g/mol. The highest BCUT2D eigenvalue weighted by atomic mass is 16.5. The zero-order valence-corrected chi connectivity index (χ0v) is 12.7. The molecule has 120 valence electrons. The minimum Gasteiger partial charge on any atom is -0.478 e. The van der Waals surface area contributed by atoms with Crippen LogP contribution in [0.15, 0.2) is 24.3 Å². The molecule has 1 amide bonds. The monoisotopic (exact) mass is 305 g/mol. The highest BCUT2D eigenvalue weighted by Crippen LogP contribution is 2.28. The summed E-state index contributed by atoms with van der Waals surface area (Å²) in [6.45, 7) is 2.13. The SMILES string of the molecule is O=C(CCc1ccccc1C(=O)O)NCCCOCC1CC1. The van der Waals surface area contributed by atoms with Crippen LogP contribution in [0.4, 0.5) is 0 Å². The molecule has 5 nitrogen and oxygen atoms in total. The topological polar surface area (TPSA) is 75.6 Å². The maximum Gasteiger partial charge on any atom is 0.335 e. The molecule has 2 rings (SSSR count). The van der Waals surface area contributed by atoms with E-state index in [0.29, 0.717) is 31.6 Å². The maximum atomic E-state index is 11.7. The van der Waals surface area contributed by atoms with Crippen LogP contribution in [-0.2, 0) is 16.0 Å². The maximum absolute atomic E-state index is 11.7. The fourth-order valence-corrected chi connectivity index (χ4v) is 2.22. The standard InChI is InChI=1S/C17H23NO4/c19-16(18-10-3-11-22-12-13-6-7-13)9-8-14-4-1-2-5-15(14)17(20)21/h1-2,4-5,13H,3,6-12H2,(H,18,19)(H,20,21). The third kappa shape index (κ3) is 5.85. The van der Waals surface area contributed by atoms with Crippen molar-refractivity contribution in [2.45, 2.75) is 32.1 Å². The van der Waals surface area contributed by atoms with E-state index in [2.05, 4.69) is 5.32 Å². The van der Waals surface area contributed by atoms with Crippen molar-refractivity contribution < 1.29 is 19.4 Å². The van der Waals surface area contributed by atoms with E-state index in [9.17, 15) is 9.59 Å². The van der Waals surface area contributed by atoms with Crippen molar-refractivity contribution in [3.8, 4) is 0 Å². The molecule has 5 heteroatoms. The van der Waals surface area contributed by atoms with Crippen molar-refractivity contribution in [1.29, 1.82) is 0 Å². The summed E-state index contributed by atoms with van der Waals surface area (Å²) in [4.78, 5) is 22.8. The quantitative estimate of drug-likeness (QED) is 0.650. The third-order valence-electron chi connectivity index (χ3n) is 3.71. The van der Waals surface area contributed by atoms with E-state index in [1.165, 1.54) is 12.8 Å². The first-order chi connectivity index (χ1) is 10.7. The molecule has 2 N–H and O–H groups in total. The molecule has 0 unspecified atom stereocenters. The second kappa shape index (κ2) is 8.54. The number of nitrogens with one attached hydrogen (secondary N) is 1. The van der Waals surface area contributed by atoms with Crippen LogP contribution < -0.4 is 5.32 Å². The second-order valence-electron chi connectivity index (χ2n) is 5.68. The lowest BCUT2D eigenvalue weighted by molar-refractivity contribution is -0.121. The van der Waals surface area contributed by atoms with E-state index in [-0.39, 0.29) is 11.5 Å². The van der Waals surface area contributed by atoms with Gasteiger partial charge >= 0.3 is 5.97 Å². The zero-order valence-electron chi connectivity index (χ0n) is 12.7. The van der Waals surface area contributed by atoms with Crippen molar-refractivity contribution >= 4 is 11.9 Å². The molecule has 1 aromatic rings. The molecule has 1 aliphatic rings. The summed E-state index contributed by atoms with van der Waals surface area (Å²) in [5.41, 5.74) is 0.960. The molecule has 1 aliphatic carbocycles. The normalized spacial score (nSPS) is 13.8. The van der Waals surface area contributed by atoms with Gasteiger partial charge < -0.3 is 15.2 Å². The van der Waals surface area contributed by atoms with E-state index >= 15 is 0 Å². The van der Waals surface area contributed by atoms with Gasteiger partial charge in [-0.15, -0.1) is 0 Å². The first-order valence-corrected chi connectivity index (χ1v) is 7.82. The number of carboxylic acids is 1. The van der Waals surface area contributed by atoms with Gasteiger partial charge in [-0.3, -0.25) is 4.79 Å². The lowest BCUT2D eigenvalue weighted by atomic mass is 10.0. The van der Waals surface area contributed by atoms with Gasteiger partial charge in [0.05, 0.1) is 5.56 Å². The number of carboxylic acid groups (broad SMARTS) is 1. The highest BCUT2D eigenvalue weighted by Gasteiger charge is 2.20. The smallest absolute Gasteiger partial charge is 0.335 e. The Morgan fingerprint density at radius 3 is 2.77 bits per heavy atom. The van der Waals surface area contributed by atoms with Gasteiger partial charge in [0.2, 0.25) is 5.91 Å². The van der Waals surface area contributed by atoms with Crippen LogP contribution in [-0.4, -0.2) is 36.7 Å². The number of amides is 1. The van der Waals surface area contributed by atoms with Crippen LogP contribution in [0, 0.1) is 5.92 Å². The molecule has 0 heterocycles. The fourth-order valence-electron chi connectivity index (χ4n) is 2.22. The summed E-state index contributed by atoms with van der Waals surface area (Å²) in [5, 5.41) is 11.9. The second-order valence-corrected chi connectivity index (χ2v) is 5.68. The molecule has 1 fully saturated rings. The lowest BCUT2D eigenvalue weighted by Crippen LogP contribution is -2.25. The van der Waals surface area contributed by atoms with Crippen LogP contribution in [0.3, 0.4) is 0 Å². The van der Waals surface area contributed by atoms with Crippen LogP contribution in [0.2, 0.25) is 0 Å². The Morgan fingerprint density at radius 2 is 2.05 bits per heavy atom. The van der Waals surface area contributed by atoms with E-state index in [4.69, 9.17) is 9.84 Å². The number of rotatable bonds is 10. The van der Waals surface area contributed by atoms with E-state index in [1.54, 1.807) is 24.3 Å².